The molecule has 0 radical (unpaired) electrons. The third-order valence-corrected chi connectivity index (χ3v) is 4.89. The molecule has 0 aromatic heterocycles. The van der Waals surface area contributed by atoms with Crippen molar-refractivity contribution in [2.45, 2.75) is 39.7 Å². The quantitative estimate of drug-likeness (QED) is 0.745. The first kappa shape index (κ1) is 19.6. The smallest absolute Gasteiger partial charge is 0.275 e. The van der Waals surface area contributed by atoms with E-state index < -0.39 is 0 Å². The number of hydrogen-bond donors (Lipinski definition) is 2. The Kier molecular flexibility index (Phi) is 7.56. The summed E-state index contributed by atoms with van der Waals surface area (Å²) in [5.41, 5.74) is 1.15. The van der Waals surface area contributed by atoms with Crippen molar-refractivity contribution < 1.29 is 14.4 Å². The Morgan fingerprint density at radius 3 is 2.52 bits per heavy atom. The Morgan fingerprint density at radius 2 is 1.88 bits per heavy atom. The second-order valence-electron chi connectivity index (χ2n) is 7.53. The molecule has 1 aromatic rings. The van der Waals surface area contributed by atoms with E-state index in [0.29, 0.717) is 12.5 Å². The van der Waals surface area contributed by atoms with Crippen molar-refractivity contribution in [3.05, 3.63) is 24.3 Å². The molecule has 1 aliphatic rings. The molecule has 5 nitrogen and oxygen atoms in total. The van der Waals surface area contributed by atoms with Gasteiger partial charge in [0.1, 0.15) is 5.75 Å². The SMILES string of the molecule is COc1ccccc1N1CC[NH+](CC(=O)N[C@H](C)CCC(C)C)CC1. The van der Waals surface area contributed by atoms with E-state index in [1.807, 2.05) is 18.2 Å². The van der Waals surface area contributed by atoms with Gasteiger partial charge in [-0.2, -0.15) is 0 Å². The minimum atomic E-state index is 0.178. The molecule has 5 heteroatoms. The van der Waals surface area contributed by atoms with Crippen LogP contribution in [-0.4, -0.2) is 51.8 Å². The zero-order valence-corrected chi connectivity index (χ0v) is 16.2. The van der Waals surface area contributed by atoms with Crippen LogP contribution in [0.5, 0.6) is 5.75 Å². The Balaban J connectivity index is 1.75. The van der Waals surface area contributed by atoms with Gasteiger partial charge in [0.25, 0.3) is 5.91 Å². The van der Waals surface area contributed by atoms with E-state index in [9.17, 15) is 4.79 Å². The highest BCUT2D eigenvalue weighted by Gasteiger charge is 2.24. The van der Waals surface area contributed by atoms with Gasteiger partial charge in [-0.1, -0.05) is 26.0 Å². The molecule has 2 rings (SSSR count). The normalized spacial score (nSPS) is 16.8. The van der Waals surface area contributed by atoms with Gasteiger partial charge < -0.3 is 19.9 Å². The van der Waals surface area contributed by atoms with E-state index in [0.717, 1.165) is 50.5 Å². The maximum absolute atomic E-state index is 12.3. The molecule has 1 heterocycles. The predicted octanol–water partition coefficient (Wildman–Crippen LogP) is 1.34. The lowest BCUT2D eigenvalue weighted by Crippen LogP contribution is -3.16. The van der Waals surface area contributed by atoms with E-state index in [1.54, 1.807) is 7.11 Å². The first-order chi connectivity index (χ1) is 12.0. The topological polar surface area (TPSA) is 46.0 Å². The number of amides is 1. The Hall–Kier alpha value is -1.75. The predicted molar refractivity (Wildman–Crippen MR) is 102 cm³/mol. The van der Waals surface area contributed by atoms with Gasteiger partial charge in [0.05, 0.1) is 39.0 Å². The molecule has 1 aliphatic heterocycles. The third kappa shape index (κ3) is 6.24. The second kappa shape index (κ2) is 9.66. The summed E-state index contributed by atoms with van der Waals surface area (Å²) < 4.78 is 5.46. The van der Waals surface area contributed by atoms with Gasteiger partial charge in [0, 0.05) is 6.04 Å². The van der Waals surface area contributed by atoms with Crippen LogP contribution in [0.1, 0.15) is 33.6 Å². The highest BCUT2D eigenvalue weighted by atomic mass is 16.5. The molecule has 140 valence electrons. The fraction of sp³-hybridized carbons (Fsp3) is 0.650. The first-order valence-corrected chi connectivity index (χ1v) is 9.50. The van der Waals surface area contributed by atoms with Crippen LogP contribution in [0.3, 0.4) is 0 Å². The van der Waals surface area contributed by atoms with Crippen LogP contribution >= 0.6 is 0 Å². The van der Waals surface area contributed by atoms with E-state index in [-0.39, 0.29) is 11.9 Å². The summed E-state index contributed by atoms with van der Waals surface area (Å²) in [6, 6.07) is 8.41. The van der Waals surface area contributed by atoms with Crippen LogP contribution in [0.25, 0.3) is 0 Å². The van der Waals surface area contributed by atoms with Crippen molar-refractivity contribution in [2.24, 2.45) is 5.92 Å². The number of nitrogens with one attached hydrogen (secondary N) is 2. The number of rotatable bonds is 8. The maximum Gasteiger partial charge on any atom is 0.275 e. The molecule has 1 amide bonds. The molecule has 1 saturated heterocycles. The minimum Gasteiger partial charge on any atom is -0.495 e. The molecule has 2 N–H and O–H groups in total. The van der Waals surface area contributed by atoms with Crippen molar-refractivity contribution in [3.8, 4) is 5.75 Å². The van der Waals surface area contributed by atoms with Gasteiger partial charge in [-0.25, -0.2) is 0 Å². The molecule has 1 atom stereocenters. The van der Waals surface area contributed by atoms with Gasteiger partial charge in [-0.3, -0.25) is 4.79 Å². The minimum absolute atomic E-state index is 0.178. The van der Waals surface area contributed by atoms with Crippen molar-refractivity contribution in [1.82, 2.24) is 5.32 Å². The number of piperazine rings is 1. The lowest BCUT2D eigenvalue weighted by molar-refractivity contribution is -0.892. The fourth-order valence-corrected chi connectivity index (χ4v) is 3.34. The summed E-state index contributed by atoms with van der Waals surface area (Å²) in [5, 5.41) is 3.15. The molecule has 0 spiro atoms. The summed E-state index contributed by atoms with van der Waals surface area (Å²) in [4.78, 5) is 16.0. The largest absolute Gasteiger partial charge is 0.495 e. The maximum atomic E-state index is 12.3. The van der Waals surface area contributed by atoms with Crippen molar-refractivity contribution >= 4 is 11.6 Å². The van der Waals surface area contributed by atoms with Gasteiger partial charge in [0.2, 0.25) is 0 Å². The Bertz CT molecular complexity index is 539. The van der Waals surface area contributed by atoms with Gasteiger partial charge in [-0.15, -0.1) is 0 Å². The number of methoxy groups -OCH3 is 1. The van der Waals surface area contributed by atoms with Crippen LogP contribution in [0.15, 0.2) is 24.3 Å². The number of anilines is 1. The summed E-state index contributed by atoms with van der Waals surface area (Å²) in [6.07, 6.45) is 2.21. The standard InChI is InChI=1S/C20H33N3O2/c1-16(2)9-10-17(3)21-20(24)15-22-11-13-23(14-12-22)18-7-5-6-8-19(18)25-4/h5-8,16-17H,9-15H2,1-4H3,(H,21,24)/p+1/t17-/m1/s1. The van der Waals surface area contributed by atoms with E-state index in [1.165, 1.54) is 4.90 Å². The Morgan fingerprint density at radius 1 is 1.20 bits per heavy atom. The number of ether oxygens (including phenoxy) is 1. The average Bonchev–Trinajstić information content (AvgIpc) is 2.60. The number of nitrogens with zero attached hydrogens (tertiary/aromatic N) is 1. The van der Waals surface area contributed by atoms with Gasteiger partial charge in [0.15, 0.2) is 6.54 Å². The van der Waals surface area contributed by atoms with E-state index in [4.69, 9.17) is 4.74 Å². The Labute approximate surface area is 152 Å². The number of quaternary nitrogens is 1. The van der Waals surface area contributed by atoms with Gasteiger partial charge in [-0.05, 0) is 37.8 Å². The van der Waals surface area contributed by atoms with E-state index in [2.05, 4.69) is 37.1 Å². The molecule has 1 aromatic carbocycles. The molecule has 0 saturated carbocycles. The van der Waals surface area contributed by atoms with Crippen LogP contribution < -0.4 is 19.9 Å². The van der Waals surface area contributed by atoms with E-state index >= 15 is 0 Å². The highest BCUT2D eigenvalue weighted by molar-refractivity contribution is 5.77. The van der Waals surface area contributed by atoms with Gasteiger partial charge >= 0.3 is 0 Å². The summed E-state index contributed by atoms with van der Waals surface area (Å²) in [5.74, 6) is 1.78. The molecule has 0 bridgehead atoms. The zero-order chi connectivity index (χ0) is 18.2. The number of hydrogen-bond acceptors (Lipinski definition) is 3. The molecule has 0 aliphatic carbocycles. The lowest BCUT2D eigenvalue weighted by atomic mass is 10.0. The first-order valence-electron chi connectivity index (χ1n) is 9.50. The molecule has 0 unspecified atom stereocenters. The monoisotopic (exact) mass is 348 g/mol. The van der Waals surface area contributed by atoms with Crippen molar-refractivity contribution in [2.75, 3.05) is 44.7 Å². The van der Waals surface area contributed by atoms with Crippen LogP contribution in [0, 0.1) is 5.92 Å². The van der Waals surface area contributed by atoms with Crippen LogP contribution in [0.2, 0.25) is 0 Å². The number of para-hydroxylation sites is 2. The van der Waals surface area contributed by atoms with Crippen LogP contribution in [0.4, 0.5) is 5.69 Å². The summed E-state index contributed by atoms with van der Waals surface area (Å²) >= 11 is 0. The third-order valence-electron chi connectivity index (χ3n) is 4.89. The molecular weight excluding hydrogens is 314 g/mol. The highest BCUT2D eigenvalue weighted by Crippen LogP contribution is 2.27. The molecular formula is C20H34N3O2+. The fourth-order valence-electron chi connectivity index (χ4n) is 3.34. The summed E-state index contributed by atoms with van der Waals surface area (Å²) in [7, 11) is 1.71. The second-order valence-corrected chi connectivity index (χ2v) is 7.53. The molecule has 25 heavy (non-hydrogen) atoms. The molecule has 1 fully saturated rings. The number of carbonyl (C=O) groups excluding carboxylic acids is 1. The zero-order valence-electron chi connectivity index (χ0n) is 16.2. The average molecular weight is 349 g/mol. The van der Waals surface area contributed by atoms with Crippen molar-refractivity contribution in [1.29, 1.82) is 0 Å². The number of carbonyl (C=O) groups is 1. The lowest BCUT2D eigenvalue weighted by Gasteiger charge is -2.34. The van der Waals surface area contributed by atoms with Crippen LogP contribution in [-0.2, 0) is 4.79 Å². The number of benzene rings is 1. The summed E-state index contributed by atoms with van der Waals surface area (Å²) in [6.45, 7) is 11.0. The van der Waals surface area contributed by atoms with Crippen molar-refractivity contribution in [3.63, 3.8) is 0 Å².